The Bertz CT molecular complexity index is 1490. The molecule has 5 aromatic rings. The van der Waals surface area contributed by atoms with E-state index < -0.39 is 0 Å². The van der Waals surface area contributed by atoms with Crippen molar-refractivity contribution in [2.45, 2.75) is 6.54 Å². The molecule has 0 aliphatic carbocycles. The van der Waals surface area contributed by atoms with Crippen molar-refractivity contribution >= 4 is 57.3 Å². The highest BCUT2D eigenvalue weighted by molar-refractivity contribution is 7.13. The molecule has 10 heteroatoms. The Morgan fingerprint density at radius 3 is 2.31 bits per heavy atom. The number of benzene rings is 2. The molecule has 0 amide bonds. The van der Waals surface area contributed by atoms with Gasteiger partial charge >= 0.3 is 0 Å². The van der Waals surface area contributed by atoms with E-state index in [1.807, 2.05) is 60.0 Å². The van der Waals surface area contributed by atoms with Crippen LogP contribution in [-0.2, 0) is 6.54 Å². The summed E-state index contributed by atoms with van der Waals surface area (Å²) in [6.45, 7) is 3.97. The average molecular weight is 536 g/mol. The summed E-state index contributed by atoms with van der Waals surface area (Å²) in [5.41, 5.74) is 9.87. The van der Waals surface area contributed by atoms with Crippen LogP contribution in [0.2, 0.25) is 10.0 Å². The zero-order valence-corrected chi connectivity index (χ0v) is 21.6. The third-order valence-corrected chi connectivity index (χ3v) is 8.00. The second-order valence-electron chi connectivity index (χ2n) is 8.64. The van der Waals surface area contributed by atoms with Crippen molar-refractivity contribution < 1.29 is 0 Å². The number of nitrogens with zero attached hydrogens (tertiary/aromatic N) is 6. The van der Waals surface area contributed by atoms with E-state index in [4.69, 9.17) is 44.0 Å². The Labute approximate surface area is 222 Å². The lowest BCUT2D eigenvalue weighted by Crippen LogP contribution is -2.46. The van der Waals surface area contributed by atoms with Gasteiger partial charge in [-0.3, -0.25) is 4.90 Å². The summed E-state index contributed by atoms with van der Waals surface area (Å²) in [5, 5.41) is 8.99. The number of rotatable bonds is 5. The number of aromatic nitrogens is 4. The zero-order valence-electron chi connectivity index (χ0n) is 19.3. The molecule has 6 rings (SSSR count). The van der Waals surface area contributed by atoms with Crippen LogP contribution in [0.1, 0.15) is 5.56 Å². The Balaban J connectivity index is 1.32. The molecular weight excluding hydrogens is 513 g/mol. The van der Waals surface area contributed by atoms with Crippen molar-refractivity contribution in [1.29, 1.82) is 0 Å². The van der Waals surface area contributed by atoms with E-state index in [1.54, 1.807) is 16.0 Å². The lowest BCUT2D eigenvalue weighted by molar-refractivity contribution is 0.249. The van der Waals surface area contributed by atoms with Crippen molar-refractivity contribution in [1.82, 2.24) is 24.6 Å². The SMILES string of the molecule is Nc1c2c(-c3cccs3)nc(N3CCN(Cc4c(Cl)cccc4Cl)CC3)nc2nn1-c1ccccc1. The molecule has 3 aromatic heterocycles. The number of halogens is 2. The molecule has 1 aliphatic heterocycles. The minimum Gasteiger partial charge on any atom is -0.383 e. The molecular formula is C26H23Cl2N7S. The largest absolute Gasteiger partial charge is 0.383 e. The monoisotopic (exact) mass is 535 g/mol. The average Bonchev–Trinajstić information content (AvgIpc) is 3.55. The fraction of sp³-hybridized carbons (Fsp3) is 0.192. The molecule has 7 nitrogen and oxygen atoms in total. The van der Waals surface area contributed by atoms with Crippen LogP contribution in [0.15, 0.2) is 66.0 Å². The first-order valence-corrected chi connectivity index (χ1v) is 13.3. The van der Waals surface area contributed by atoms with Crippen LogP contribution in [0.3, 0.4) is 0 Å². The zero-order chi connectivity index (χ0) is 24.6. The van der Waals surface area contributed by atoms with E-state index in [-0.39, 0.29) is 0 Å². The second-order valence-corrected chi connectivity index (χ2v) is 10.4. The topological polar surface area (TPSA) is 76.1 Å². The molecule has 2 aromatic carbocycles. The lowest BCUT2D eigenvalue weighted by Gasteiger charge is -2.35. The van der Waals surface area contributed by atoms with Crippen molar-refractivity contribution in [2.24, 2.45) is 0 Å². The van der Waals surface area contributed by atoms with Crippen LogP contribution in [0.4, 0.5) is 11.8 Å². The summed E-state index contributed by atoms with van der Waals surface area (Å²) in [5.74, 6) is 1.20. The summed E-state index contributed by atoms with van der Waals surface area (Å²) < 4.78 is 1.74. The molecule has 0 atom stereocenters. The molecule has 0 spiro atoms. The summed E-state index contributed by atoms with van der Waals surface area (Å²) in [6, 6.07) is 19.6. The molecule has 1 saturated heterocycles. The first kappa shape index (κ1) is 23.2. The maximum Gasteiger partial charge on any atom is 0.228 e. The number of anilines is 2. The van der Waals surface area contributed by atoms with Gasteiger partial charge in [-0.15, -0.1) is 16.4 Å². The van der Waals surface area contributed by atoms with Crippen molar-refractivity contribution in [2.75, 3.05) is 36.8 Å². The Morgan fingerprint density at radius 1 is 0.861 bits per heavy atom. The third-order valence-electron chi connectivity index (χ3n) is 6.41. The smallest absolute Gasteiger partial charge is 0.228 e. The van der Waals surface area contributed by atoms with Gasteiger partial charge in [0.15, 0.2) is 5.65 Å². The first-order valence-electron chi connectivity index (χ1n) is 11.6. The number of hydrogen-bond acceptors (Lipinski definition) is 7. The Morgan fingerprint density at radius 2 is 1.61 bits per heavy atom. The molecule has 0 saturated carbocycles. The normalized spacial score (nSPS) is 14.6. The number of hydrogen-bond donors (Lipinski definition) is 1. The van der Waals surface area contributed by atoms with Gasteiger partial charge in [0.1, 0.15) is 5.82 Å². The fourth-order valence-electron chi connectivity index (χ4n) is 4.51. The predicted octanol–water partition coefficient (Wildman–Crippen LogP) is 5.76. The Hall–Kier alpha value is -3.17. The van der Waals surface area contributed by atoms with Crippen LogP contribution < -0.4 is 10.6 Å². The summed E-state index contributed by atoms with van der Waals surface area (Å²) >= 11 is 14.4. The molecule has 182 valence electrons. The third kappa shape index (κ3) is 4.30. The van der Waals surface area contributed by atoms with Crippen molar-refractivity contribution in [3.63, 3.8) is 0 Å². The summed E-state index contributed by atoms with van der Waals surface area (Å²) in [7, 11) is 0. The number of fused-ring (bicyclic) bond motifs is 1. The van der Waals surface area contributed by atoms with Gasteiger partial charge in [-0.05, 0) is 35.7 Å². The molecule has 36 heavy (non-hydrogen) atoms. The lowest BCUT2D eigenvalue weighted by atomic mass is 10.2. The first-order chi connectivity index (χ1) is 17.6. The molecule has 2 N–H and O–H groups in total. The summed E-state index contributed by atoms with van der Waals surface area (Å²) in [4.78, 5) is 15.5. The van der Waals surface area contributed by atoms with E-state index in [1.165, 1.54) is 0 Å². The molecule has 0 bridgehead atoms. The standard InChI is InChI=1S/C26H23Cl2N7S/c27-19-8-4-9-20(28)18(19)16-33-11-13-34(14-12-33)26-30-23(21-10-5-15-36-21)22-24(29)35(32-25(22)31-26)17-6-2-1-3-7-17/h1-10,15H,11-14,16,29H2. The highest BCUT2D eigenvalue weighted by Gasteiger charge is 2.25. The molecule has 1 aliphatic rings. The maximum atomic E-state index is 6.61. The minimum absolute atomic E-state index is 0.535. The van der Waals surface area contributed by atoms with E-state index >= 15 is 0 Å². The van der Waals surface area contributed by atoms with Gasteiger partial charge in [-0.1, -0.05) is 53.5 Å². The van der Waals surface area contributed by atoms with Gasteiger partial charge < -0.3 is 10.6 Å². The number of nitrogen functional groups attached to an aromatic ring is 1. The van der Waals surface area contributed by atoms with Crippen LogP contribution in [0.25, 0.3) is 27.3 Å². The second kappa shape index (κ2) is 9.71. The van der Waals surface area contributed by atoms with Gasteiger partial charge in [-0.2, -0.15) is 4.98 Å². The van der Waals surface area contributed by atoms with Crippen LogP contribution >= 0.6 is 34.5 Å². The van der Waals surface area contributed by atoms with E-state index in [2.05, 4.69) is 15.9 Å². The van der Waals surface area contributed by atoms with Gasteiger partial charge in [-0.25, -0.2) is 9.67 Å². The van der Waals surface area contributed by atoms with Crippen molar-refractivity contribution in [3.05, 3.63) is 81.7 Å². The van der Waals surface area contributed by atoms with Crippen LogP contribution in [0.5, 0.6) is 0 Å². The molecule has 4 heterocycles. The number of nitrogens with two attached hydrogens (primary N) is 1. The Kier molecular flexibility index (Phi) is 6.27. The van der Waals surface area contributed by atoms with Crippen LogP contribution in [-0.4, -0.2) is 50.8 Å². The van der Waals surface area contributed by atoms with Crippen molar-refractivity contribution in [3.8, 4) is 16.3 Å². The maximum absolute atomic E-state index is 6.61. The fourth-order valence-corrected chi connectivity index (χ4v) is 5.75. The van der Waals surface area contributed by atoms with Gasteiger partial charge in [0, 0.05) is 48.3 Å². The highest BCUT2D eigenvalue weighted by Crippen LogP contribution is 2.35. The van der Waals surface area contributed by atoms with Gasteiger partial charge in [0.2, 0.25) is 5.95 Å². The molecule has 1 fully saturated rings. The van der Waals surface area contributed by atoms with E-state index in [9.17, 15) is 0 Å². The van der Waals surface area contributed by atoms with Gasteiger partial charge in [0.05, 0.1) is 21.6 Å². The number of para-hydroxylation sites is 1. The van der Waals surface area contributed by atoms with E-state index in [0.29, 0.717) is 34.0 Å². The predicted molar refractivity (Wildman–Crippen MR) is 148 cm³/mol. The highest BCUT2D eigenvalue weighted by atomic mass is 35.5. The van der Waals surface area contributed by atoms with E-state index in [0.717, 1.165) is 53.4 Å². The number of thiophene rings is 1. The minimum atomic E-state index is 0.535. The summed E-state index contributed by atoms with van der Waals surface area (Å²) in [6.07, 6.45) is 0. The van der Waals surface area contributed by atoms with Crippen LogP contribution in [0, 0.1) is 0 Å². The number of piperazine rings is 1. The molecule has 0 unspecified atom stereocenters. The van der Waals surface area contributed by atoms with Gasteiger partial charge in [0.25, 0.3) is 0 Å². The molecule has 0 radical (unpaired) electrons. The quantitative estimate of drug-likeness (QED) is 0.308.